The normalized spacial score (nSPS) is 15.4. The number of carbonyl (C=O) groups is 3. The van der Waals surface area contributed by atoms with Crippen molar-refractivity contribution in [2.24, 2.45) is 0 Å². The molecule has 1 fully saturated rings. The van der Waals surface area contributed by atoms with Crippen molar-refractivity contribution in [2.45, 2.75) is 38.1 Å². The van der Waals surface area contributed by atoms with Gasteiger partial charge in [0.1, 0.15) is 5.75 Å². The number of benzene rings is 3. The van der Waals surface area contributed by atoms with Crippen LogP contribution in [0.25, 0.3) is 6.08 Å². The van der Waals surface area contributed by atoms with Crippen LogP contribution < -0.4 is 15.4 Å². The van der Waals surface area contributed by atoms with Crippen molar-refractivity contribution in [1.29, 1.82) is 0 Å². The van der Waals surface area contributed by atoms with E-state index in [4.69, 9.17) is 4.74 Å². The molecule has 182 valence electrons. The Labute approximate surface area is 210 Å². The van der Waals surface area contributed by atoms with Crippen molar-refractivity contribution in [3.63, 3.8) is 0 Å². The molecule has 0 atom stereocenters. The van der Waals surface area contributed by atoms with Crippen molar-refractivity contribution < 1.29 is 19.1 Å². The summed E-state index contributed by atoms with van der Waals surface area (Å²) in [5.74, 6) is -0.126. The lowest BCUT2D eigenvalue weighted by molar-refractivity contribution is -0.111. The summed E-state index contributed by atoms with van der Waals surface area (Å²) in [5, 5.41) is 6.34. The van der Waals surface area contributed by atoms with Crippen LogP contribution >= 0.6 is 0 Å². The van der Waals surface area contributed by atoms with Crippen LogP contribution in [0.5, 0.6) is 5.75 Å². The Morgan fingerprint density at radius 2 is 1.44 bits per heavy atom. The molecule has 1 saturated carbocycles. The SMILES string of the molecule is COc1ccc(/C=C/C(=O)Nc2ccc(NC3CCCCC3)c3c2C(=O)c2ccccc2C3=O)cc1. The van der Waals surface area contributed by atoms with E-state index < -0.39 is 0 Å². The summed E-state index contributed by atoms with van der Waals surface area (Å²) >= 11 is 0. The average Bonchev–Trinajstić information content (AvgIpc) is 2.92. The predicted molar refractivity (Wildman–Crippen MR) is 141 cm³/mol. The number of ketones is 2. The number of anilines is 2. The fraction of sp³-hybridized carbons (Fsp3) is 0.233. The summed E-state index contributed by atoms with van der Waals surface area (Å²) in [5.41, 5.74) is 3.14. The molecule has 0 saturated heterocycles. The van der Waals surface area contributed by atoms with E-state index >= 15 is 0 Å². The smallest absolute Gasteiger partial charge is 0.248 e. The molecule has 1 amide bonds. The summed E-state index contributed by atoms with van der Waals surface area (Å²) in [4.78, 5) is 40.0. The average molecular weight is 481 g/mol. The number of hydrogen-bond donors (Lipinski definition) is 2. The van der Waals surface area contributed by atoms with Gasteiger partial charge in [-0.15, -0.1) is 0 Å². The third-order valence-electron chi connectivity index (χ3n) is 6.84. The highest BCUT2D eigenvalue weighted by Gasteiger charge is 2.34. The number of ether oxygens (including phenoxy) is 1. The Morgan fingerprint density at radius 1 is 0.833 bits per heavy atom. The number of methoxy groups -OCH3 is 1. The third kappa shape index (κ3) is 4.67. The lowest BCUT2D eigenvalue weighted by atomic mass is 9.82. The number of rotatable bonds is 6. The molecule has 0 unspecified atom stereocenters. The van der Waals surface area contributed by atoms with Gasteiger partial charge in [0.05, 0.1) is 23.9 Å². The molecule has 0 spiro atoms. The van der Waals surface area contributed by atoms with Crippen LogP contribution in [0, 0.1) is 0 Å². The van der Waals surface area contributed by atoms with Gasteiger partial charge < -0.3 is 15.4 Å². The zero-order valence-electron chi connectivity index (χ0n) is 20.2. The molecule has 2 aliphatic carbocycles. The highest BCUT2D eigenvalue weighted by atomic mass is 16.5. The molecule has 0 bridgehead atoms. The zero-order valence-corrected chi connectivity index (χ0v) is 20.2. The Hall–Kier alpha value is -4.19. The quantitative estimate of drug-likeness (QED) is 0.337. The van der Waals surface area contributed by atoms with Crippen LogP contribution in [0.2, 0.25) is 0 Å². The second kappa shape index (κ2) is 10.2. The zero-order chi connectivity index (χ0) is 25.1. The van der Waals surface area contributed by atoms with Crippen molar-refractivity contribution in [3.8, 4) is 5.75 Å². The van der Waals surface area contributed by atoms with E-state index in [1.807, 2.05) is 24.3 Å². The number of fused-ring (bicyclic) bond motifs is 2. The molecule has 3 aromatic rings. The van der Waals surface area contributed by atoms with Crippen molar-refractivity contribution in [1.82, 2.24) is 0 Å². The lowest BCUT2D eigenvalue weighted by Gasteiger charge is -2.28. The maximum Gasteiger partial charge on any atom is 0.248 e. The van der Waals surface area contributed by atoms with Gasteiger partial charge in [-0.2, -0.15) is 0 Å². The minimum atomic E-state index is -0.389. The molecule has 5 rings (SSSR count). The Balaban J connectivity index is 1.47. The molecule has 0 aliphatic heterocycles. The lowest BCUT2D eigenvalue weighted by Crippen LogP contribution is -2.28. The second-order valence-electron chi connectivity index (χ2n) is 9.19. The van der Waals surface area contributed by atoms with Crippen LogP contribution in [-0.2, 0) is 4.79 Å². The van der Waals surface area contributed by atoms with Gasteiger partial charge in [-0.25, -0.2) is 0 Å². The van der Waals surface area contributed by atoms with Crippen molar-refractivity contribution in [2.75, 3.05) is 17.7 Å². The van der Waals surface area contributed by atoms with Gasteiger partial charge in [-0.05, 0) is 48.7 Å². The summed E-state index contributed by atoms with van der Waals surface area (Å²) < 4.78 is 5.16. The molecule has 0 radical (unpaired) electrons. The van der Waals surface area contributed by atoms with Gasteiger partial charge in [-0.3, -0.25) is 14.4 Å². The molecule has 36 heavy (non-hydrogen) atoms. The molecule has 6 heteroatoms. The fourth-order valence-corrected chi connectivity index (χ4v) is 4.98. The summed E-state index contributed by atoms with van der Waals surface area (Å²) in [6.45, 7) is 0. The van der Waals surface area contributed by atoms with Gasteiger partial charge in [0.15, 0.2) is 11.6 Å². The van der Waals surface area contributed by atoms with Crippen LogP contribution in [0.3, 0.4) is 0 Å². The number of carbonyl (C=O) groups excluding carboxylic acids is 3. The molecule has 2 aliphatic rings. The number of nitrogens with one attached hydrogen (secondary N) is 2. The molecular weight excluding hydrogens is 452 g/mol. The molecule has 2 N–H and O–H groups in total. The Kier molecular flexibility index (Phi) is 6.67. The minimum absolute atomic E-state index is 0.205. The summed E-state index contributed by atoms with van der Waals surface area (Å²) in [7, 11) is 1.60. The molecule has 6 nitrogen and oxygen atoms in total. The van der Waals surface area contributed by atoms with Crippen molar-refractivity contribution >= 4 is 34.9 Å². The van der Waals surface area contributed by atoms with E-state index in [1.54, 1.807) is 49.6 Å². The fourth-order valence-electron chi connectivity index (χ4n) is 4.98. The topological polar surface area (TPSA) is 84.5 Å². The first-order valence-electron chi connectivity index (χ1n) is 12.3. The highest BCUT2D eigenvalue weighted by Crippen LogP contribution is 2.37. The van der Waals surface area contributed by atoms with E-state index in [-0.39, 0.29) is 29.1 Å². The number of amides is 1. The first-order chi connectivity index (χ1) is 17.5. The van der Waals surface area contributed by atoms with Crippen LogP contribution in [0.15, 0.2) is 66.7 Å². The molecule has 3 aromatic carbocycles. The van der Waals surface area contributed by atoms with Gasteiger partial charge in [-0.1, -0.05) is 55.7 Å². The van der Waals surface area contributed by atoms with Gasteiger partial charge in [0, 0.05) is 28.9 Å². The predicted octanol–water partition coefficient (Wildman–Crippen LogP) is 5.87. The van der Waals surface area contributed by atoms with Crippen molar-refractivity contribution in [3.05, 3.63) is 94.6 Å². The molecular formula is C30H28N2O4. The minimum Gasteiger partial charge on any atom is -0.497 e. The van der Waals surface area contributed by atoms with E-state index in [0.717, 1.165) is 37.0 Å². The van der Waals surface area contributed by atoms with Crippen LogP contribution in [0.4, 0.5) is 11.4 Å². The second-order valence-corrected chi connectivity index (χ2v) is 9.19. The molecule has 0 heterocycles. The Bertz CT molecular complexity index is 1350. The molecule has 0 aromatic heterocycles. The first-order valence-corrected chi connectivity index (χ1v) is 12.3. The van der Waals surface area contributed by atoms with Gasteiger partial charge >= 0.3 is 0 Å². The monoisotopic (exact) mass is 480 g/mol. The summed E-state index contributed by atoms with van der Waals surface area (Å²) in [6.07, 6.45) is 8.66. The Morgan fingerprint density at radius 3 is 2.08 bits per heavy atom. The van der Waals surface area contributed by atoms with E-state index in [0.29, 0.717) is 28.1 Å². The number of hydrogen-bond acceptors (Lipinski definition) is 5. The summed E-state index contributed by atoms with van der Waals surface area (Å²) in [6, 6.07) is 17.9. The largest absolute Gasteiger partial charge is 0.497 e. The van der Waals surface area contributed by atoms with Gasteiger partial charge in [0.25, 0.3) is 0 Å². The van der Waals surface area contributed by atoms with E-state index in [1.165, 1.54) is 12.5 Å². The maximum atomic E-state index is 13.6. The third-order valence-corrected chi connectivity index (χ3v) is 6.84. The standard InChI is InChI=1S/C30H28N2O4/c1-36-21-14-11-19(12-15-21)13-18-26(33)32-25-17-16-24(31-20-7-3-2-4-8-20)27-28(25)30(35)23-10-6-5-9-22(23)29(27)34/h5-6,9-18,20,31H,2-4,7-8H2,1H3,(H,32,33)/b18-13+. The highest BCUT2D eigenvalue weighted by molar-refractivity contribution is 6.32. The van der Waals surface area contributed by atoms with Crippen LogP contribution in [0.1, 0.15) is 69.5 Å². The maximum absolute atomic E-state index is 13.6. The van der Waals surface area contributed by atoms with E-state index in [2.05, 4.69) is 10.6 Å². The van der Waals surface area contributed by atoms with E-state index in [9.17, 15) is 14.4 Å². The first kappa shape index (κ1) is 23.5. The van der Waals surface area contributed by atoms with Gasteiger partial charge in [0.2, 0.25) is 5.91 Å². The van der Waals surface area contributed by atoms with Crippen LogP contribution in [-0.4, -0.2) is 30.6 Å².